The van der Waals surface area contributed by atoms with Crippen molar-refractivity contribution in [2.24, 2.45) is 0 Å². The first-order valence-electron chi connectivity index (χ1n) is 7.74. The molecule has 1 N–H and O–H groups in total. The number of hydrogen-bond acceptors (Lipinski definition) is 3. The molecule has 1 saturated heterocycles. The topological polar surface area (TPSA) is 52.6 Å². The van der Waals surface area contributed by atoms with Crippen molar-refractivity contribution in [3.63, 3.8) is 0 Å². The van der Waals surface area contributed by atoms with Gasteiger partial charge in [0.15, 0.2) is 0 Å². The van der Waals surface area contributed by atoms with Crippen molar-refractivity contribution in [2.75, 3.05) is 39.3 Å². The van der Waals surface area contributed by atoms with Crippen LogP contribution in [-0.4, -0.2) is 60.9 Å². The molecule has 0 saturated carbocycles. The Hall–Kier alpha value is -1.30. The number of benzene rings is 1. The van der Waals surface area contributed by atoms with E-state index in [1.54, 1.807) is 12.1 Å². The zero-order chi connectivity index (χ0) is 16.8. The fraction of sp³-hybridized carbons (Fsp3) is 0.500. The van der Waals surface area contributed by atoms with Crippen LogP contribution in [0.4, 0.5) is 0 Å². The van der Waals surface area contributed by atoms with Gasteiger partial charge in [0.1, 0.15) is 0 Å². The Balaban J connectivity index is 1.75. The lowest BCUT2D eigenvalue weighted by Gasteiger charge is -2.34. The first-order chi connectivity index (χ1) is 11.0. The lowest BCUT2D eigenvalue weighted by atomic mass is 10.2. The van der Waals surface area contributed by atoms with Crippen LogP contribution >= 0.6 is 23.2 Å². The molecule has 0 aromatic heterocycles. The van der Waals surface area contributed by atoms with E-state index >= 15 is 0 Å². The smallest absolute Gasteiger partial charge is 0.251 e. The summed E-state index contributed by atoms with van der Waals surface area (Å²) in [5, 5.41) is 3.48. The second kappa shape index (κ2) is 8.52. The van der Waals surface area contributed by atoms with Gasteiger partial charge in [0.25, 0.3) is 5.91 Å². The molecule has 5 nitrogen and oxygen atoms in total. The van der Waals surface area contributed by atoms with Crippen LogP contribution in [0.2, 0.25) is 10.0 Å². The van der Waals surface area contributed by atoms with Gasteiger partial charge in [-0.15, -0.1) is 0 Å². The van der Waals surface area contributed by atoms with Gasteiger partial charge in [-0.05, 0) is 24.7 Å². The number of amides is 2. The summed E-state index contributed by atoms with van der Waals surface area (Å²) >= 11 is 11.7. The van der Waals surface area contributed by atoms with Gasteiger partial charge in [-0.2, -0.15) is 0 Å². The SMILES string of the molecule is CCN1CCN(C(=O)CCNC(=O)c2ccc(Cl)c(Cl)c2)CC1. The average molecular weight is 358 g/mol. The van der Waals surface area contributed by atoms with Gasteiger partial charge >= 0.3 is 0 Å². The van der Waals surface area contributed by atoms with Gasteiger partial charge in [-0.25, -0.2) is 0 Å². The summed E-state index contributed by atoms with van der Waals surface area (Å²) in [5.41, 5.74) is 0.434. The molecule has 0 bridgehead atoms. The Morgan fingerprint density at radius 1 is 1.13 bits per heavy atom. The Kier molecular flexibility index (Phi) is 6.69. The third-order valence-corrected chi connectivity index (χ3v) is 4.72. The highest BCUT2D eigenvalue weighted by molar-refractivity contribution is 6.42. The van der Waals surface area contributed by atoms with E-state index in [0.29, 0.717) is 28.6 Å². The molecule has 1 aliphatic rings. The molecule has 23 heavy (non-hydrogen) atoms. The standard InChI is InChI=1S/C16H21Cl2N3O2/c1-2-20-7-9-21(10-8-20)15(22)5-6-19-16(23)12-3-4-13(17)14(18)11-12/h3-4,11H,2,5-10H2,1H3,(H,19,23). The Bertz CT molecular complexity index is 572. The third-order valence-electron chi connectivity index (χ3n) is 3.98. The normalized spacial score (nSPS) is 15.5. The number of halogens is 2. The summed E-state index contributed by atoms with van der Waals surface area (Å²) in [5.74, 6) is -0.178. The summed E-state index contributed by atoms with van der Waals surface area (Å²) in [7, 11) is 0. The molecule has 1 aromatic rings. The fourth-order valence-corrected chi connectivity index (χ4v) is 2.79. The van der Waals surface area contributed by atoms with E-state index in [9.17, 15) is 9.59 Å². The maximum Gasteiger partial charge on any atom is 0.251 e. The van der Waals surface area contributed by atoms with E-state index < -0.39 is 0 Å². The van der Waals surface area contributed by atoms with E-state index in [2.05, 4.69) is 17.1 Å². The maximum atomic E-state index is 12.1. The van der Waals surface area contributed by atoms with E-state index in [4.69, 9.17) is 23.2 Å². The monoisotopic (exact) mass is 357 g/mol. The summed E-state index contributed by atoms with van der Waals surface area (Å²) in [4.78, 5) is 28.3. The van der Waals surface area contributed by atoms with Gasteiger partial charge in [0.2, 0.25) is 5.91 Å². The lowest BCUT2D eigenvalue weighted by Crippen LogP contribution is -2.49. The van der Waals surface area contributed by atoms with Crippen molar-refractivity contribution in [1.29, 1.82) is 0 Å². The van der Waals surface area contributed by atoms with Crippen molar-refractivity contribution >= 4 is 35.0 Å². The summed E-state index contributed by atoms with van der Waals surface area (Å²) in [6.45, 7) is 6.79. The molecule has 2 amide bonds. The minimum atomic E-state index is -0.257. The number of likely N-dealkylation sites (N-methyl/N-ethyl adjacent to an activating group) is 1. The van der Waals surface area contributed by atoms with Crippen molar-refractivity contribution in [2.45, 2.75) is 13.3 Å². The molecule has 0 atom stereocenters. The summed E-state index contributed by atoms with van der Waals surface area (Å²) in [6, 6.07) is 4.71. The molecular weight excluding hydrogens is 337 g/mol. The average Bonchev–Trinajstić information content (AvgIpc) is 2.57. The molecule has 1 fully saturated rings. The third kappa shape index (κ3) is 5.09. The second-order valence-electron chi connectivity index (χ2n) is 5.45. The van der Waals surface area contributed by atoms with Crippen molar-refractivity contribution in [1.82, 2.24) is 15.1 Å². The van der Waals surface area contributed by atoms with E-state index in [1.165, 1.54) is 6.07 Å². The predicted molar refractivity (Wildman–Crippen MR) is 92.1 cm³/mol. The lowest BCUT2D eigenvalue weighted by molar-refractivity contribution is -0.132. The second-order valence-corrected chi connectivity index (χ2v) is 6.26. The van der Waals surface area contributed by atoms with Gasteiger partial charge in [-0.3, -0.25) is 9.59 Å². The highest BCUT2D eigenvalue weighted by Gasteiger charge is 2.19. The molecule has 0 radical (unpaired) electrons. The van der Waals surface area contributed by atoms with Crippen LogP contribution in [0.1, 0.15) is 23.7 Å². The zero-order valence-electron chi connectivity index (χ0n) is 13.1. The first-order valence-corrected chi connectivity index (χ1v) is 8.50. The van der Waals surface area contributed by atoms with E-state index in [-0.39, 0.29) is 11.8 Å². The van der Waals surface area contributed by atoms with Crippen LogP contribution in [0, 0.1) is 0 Å². The van der Waals surface area contributed by atoms with Crippen LogP contribution in [0.15, 0.2) is 18.2 Å². The number of piperazine rings is 1. The number of carbonyl (C=O) groups excluding carboxylic acids is 2. The Labute approximate surface area is 146 Å². The van der Waals surface area contributed by atoms with Crippen LogP contribution < -0.4 is 5.32 Å². The number of hydrogen-bond donors (Lipinski definition) is 1. The maximum absolute atomic E-state index is 12.1. The predicted octanol–water partition coefficient (Wildman–Crippen LogP) is 2.28. The summed E-state index contributed by atoms with van der Waals surface area (Å²) < 4.78 is 0. The van der Waals surface area contributed by atoms with E-state index in [1.807, 2.05) is 4.90 Å². The van der Waals surface area contributed by atoms with Crippen molar-refractivity contribution in [3.8, 4) is 0 Å². The molecular formula is C16H21Cl2N3O2. The largest absolute Gasteiger partial charge is 0.352 e. The van der Waals surface area contributed by atoms with Gasteiger partial charge in [0.05, 0.1) is 10.0 Å². The highest BCUT2D eigenvalue weighted by Crippen LogP contribution is 2.22. The summed E-state index contributed by atoms with van der Waals surface area (Å²) in [6.07, 6.45) is 0.305. The van der Waals surface area contributed by atoms with Crippen LogP contribution in [0.25, 0.3) is 0 Å². The van der Waals surface area contributed by atoms with Crippen LogP contribution in [-0.2, 0) is 4.79 Å². The molecule has 126 valence electrons. The van der Waals surface area contributed by atoms with Gasteiger partial charge in [-0.1, -0.05) is 30.1 Å². The van der Waals surface area contributed by atoms with Crippen molar-refractivity contribution < 1.29 is 9.59 Å². The van der Waals surface area contributed by atoms with Gasteiger partial charge in [0, 0.05) is 44.7 Å². The number of carbonyl (C=O) groups is 2. The fourth-order valence-electron chi connectivity index (χ4n) is 2.49. The molecule has 2 rings (SSSR count). The molecule has 1 aliphatic heterocycles. The minimum Gasteiger partial charge on any atom is -0.352 e. The Morgan fingerprint density at radius 3 is 2.43 bits per heavy atom. The minimum absolute atomic E-state index is 0.0789. The zero-order valence-corrected chi connectivity index (χ0v) is 14.7. The molecule has 0 unspecified atom stereocenters. The van der Waals surface area contributed by atoms with Gasteiger partial charge < -0.3 is 15.1 Å². The molecule has 1 aromatic carbocycles. The van der Waals surface area contributed by atoms with Crippen LogP contribution in [0.3, 0.4) is 0 Å². The van der Waals surface area contributed by atoms with Crippen LogP contribution in [0.5, 0.6) is 0 Å². The first kappa shape index (κ1) is 18.0. The highest BCUT2D eigenvalue weighted by atomic mass is 35.5. The number of rotatable bonds is 5. The molecule has 0 spiro atoms. The quantitative estimate of drug-likeness (QED) is 0.879. The molecule has 1 heterocycles. The molecule has 0 aliphatic carbocycles. The van der Waals surface area contributed by atoms with Crippen molar-refractivity contribution in [3.05, 3.63) is 33.8 Å². The molecule has 7 heteroatoms. The number of nitrogens with one attached hydrogen (secondary N) is 1. The Morgan fingerprint density at radius 2 is 1.83 bits per heavy atom. The number of nitrogens with zero attached hydrogens (tertiary/aromatic N) is 2. The van der Waals surface area contributed by atoms with E-state index in [0.717, 1.165) is 32.7 Å².